The summed E-state index contributed by atoms with van der Waals surface area (Å²) in [5.41, 5.74) is 6.55. The van der Waals surface area contributed by atoms with Gasteiger partial charge >= 0.3 is 0 Å². The third-order valence-corrected chi connectivity index (χ3v) is 5.72. The zero-order valence-electron chi connectivity index (χ0n) is 16.8. The molecule has 0 atom stereocenters. The third-order valence-electron chi connectivity index (χ3n) is 5.46. The number of amides is 1. The molecule has 5 nitrogen and oxygen atoms in total. The van der Waals surface area contributed by atoms with E-state index >= 15 is 0 Å². The van der Waals surface area contributed by atoms with E-state index in [1.165, 1.54) is 11.1 Å². The average Bonchev–Trinajstić information content (AvgIpc) is 3.27. The van der Waals surface area contributed by atoms with Crippen molar-refractivity contribution in [3.8, 4) is 5.69 Å². The Bertz CT molecular complexity index is 1010. The van der Waals surface area contributed by atoms with E-state index in [1.807, 2.05) is 52.9 Å². The van der Waals surface area contributed by atoms with Crippen LogP contribution in [0.1, 0.15) is 35.4 Å². The van der Waals surface area contributed by atoms with E-state index in [2.05, 4.69) is 24.4 Å². The molecule has 0 saturated carbocycles. The van der Waals surface area contributed by atoms with Gasteiger partial charge in [-0.3, -0.25) is 4.79 Å². The van der Waals surface area contributed by atoms with Crippen LogP contribution in [0.15, 0.2) is 48.5 Å². The minimum Gasteiger partial charge on any atom is -0.312 e. The quantitative estimate of drug-likeness (QED) is 0.650. The van der Waals surface area contributed by atoms with Crippen molar-refractivity contribution in [2.24, 2.45) is 0 Å². The predicted molar refractivity (Wildman–Crippen MR) is 117 cm³/mol. The molecule has 1 aliphatic heterocycles. The summed E-state index contributed by atoms with van der Waals surface area (Å²) < 4.78 is 1.96. The van der Waals surface area contributed by atoms with Crippen LogP contribution in [0.5, 0.6) is 0 Å². The number of nitrogens with zero attached hydrogens (tertiary/aromatic N) is 3. The van der Waals surface area contributed by atoms with Crippen LogP contribution in [-0.2, 0) is 17.9 Å². The highest BCUT2D eigenvalue weighted by Crippen LogP contribution is 2.22. The van der Waals surface area contributed by atoms with Crippen molar-refractivity contribution >= 4 is 23.2 Å². The van der Waals surface area contributed by atoms with E-state index in [4.69, 9.17) is 16.7 Å². The van der Waals surface area contributed by atoms with Crippen LogP contribution in [0.3, 0.4) is 0 Å². The topological polar surface area (TPSA) is 50.2 Å². The molecular formula is C23H25ClN4O. The molecular weight excluding hydrogens is 384 g/mol. The molecule has 0 aliphatic carbocycles. The number of halogens is 1. The van der Waals surface area contributed by atoms with E-state index in [-0.39, 0.29) is 5.91 Å². The van der Waals surface area contributed by atoms with E-state index in [0.717, 1.165) is 53.8 Å². The fraction of sp³-hybridized carbons (Fsp3) is 0.304. The summed E-state index contributed by atoms with van der Waals surface area (Å²) in [4.78, 5) is 13.7. The predicted octanol–water partition coefficient (Wildman–Crippen LogP) is 4.56. The van der Waals surface area contributed by atoms with Gasteiger partial charge in [0.1, 0.15) is 0 Å². The molecule has 29 heavy (non-hydrogen) atoms. The van der Waals surface area contributed by atoms with Crippen LogP contribution in [0, 0.1) is 13.8 Å². The maximum Gasteiger partial charge on any atom is 0.227 e. The Kier molecular flexibility index (Phi) is 5.69. The summed E-state index contributed by atoms with van der Waals surface area (Å²) in [6, 6.07) is 16.0. The number of benzene rings is 2. The molecule has 1 fully saturated rings. The van der Waals surface area contributed by atoms with Crippen molar-refractivity contribution < 1.29 is 4.79 Å². The summed E-state index contributed by atoms with van der Waals surface area (Å²) in [6.07, 6.45) is 1.61. The van der Waals surface area contributed by atoms with Crippen LogP contribution < -0.4 is 10.2 Å². The number of carbonyl (C=O) groups excluding carboxylic acids is 1. The van der Waals surface area contributed by atoms with Crippen LogP contribution in [-0.4, -0.2) is 22.2 Å². The first-order valence-electron chi connectivity index (χ1n) is 9.94. The number of anilines is 1. The average molecular weight is 409 g/mol. The lowest BCUT2D eigenvalue weighted by Gasteiger charge is -2.16. The highest BCUT2D eigenvalue weighted by molar-refractivity contribution is 6.30. The number of rotatable bonds is 6. The van der Waals surface area contributed by atoms with Gasteiger partial charge in [0, 0.05) is 48.0 Å². The molecule has 0 unspecified atom stereocenters. The molecule has 1 aliphatic rings. The molecule has 1 aromatic heterocycles. The number of nitrogens with one attached hydrogen (secondary N) is 1. The Balaban J connectivity index is 1.39. The summed E-state index contributed by atoms with van der Waals surface area (Å²) in [6.45, 7) is 6.47. The molecule has 0 bridgehead atoms. The summed E-state index contributed by atoms with van der Waals surface area (Å²) in [7, 11) is 0. The van der Waals surface area contributed by atoms with Gasteiger partial charge in [-0.25, -0.2) is 4.68 Å². The fourth-order valence-corrected chi connectivity index (χ4v) is 3.94. The lowest BCUT2D eigenvalue weighted by atomic mass is 10.1. The van der Waals surface area contributed by atoms with Gasteiger partial charge in [0.05, 0.1) is 11.4 Å². The molecule has 2 aromatic carbocycles. The molecule has 0 spiro atoms. The zero-order valence-corrected chi connectivity index (χ0v) is 17.5. The van der Waals surface area contributed by atoms with E-state index in [1.54, 1.807) is 0 Å². The van der Waals surface area contributed by atoms with Gasteiger partial charge in [0.25, 0.3) is 0 Å². The molecule has 3 aromatic rings. The molecule has 1 N–H and O–H groups in total. The summed E-state index contributed by atoms with van der Waals surface area (Å²) in [5, 5.41) is 8.93. The van der Waals surface area contributed by atoms with Crippen molar-refractivity contribution in [1.29, 1.82) is 0 Å². The first-order valence-corrected chi connectivity index (χ1v) is 10.3. The van der Waals surface area contributed by atoms with Gasteiger partial charge in [-0.1, -0.05) is 23.7 Å². The molecule has 1 amide bonds. The second-order valence-corrected chi connectivity index (χ2v) is 7.89. The first-order chi connectivity index (χ1) is 14.0. The zero-order chi connectivity index (χ0) is 20.4. The lowest BCUT2D eigenvalue weighted by Crippen LogP contribution is -2.23. The monoisotopic (exact) mass is 408 g/mol. The first kappa shape index (κ1) is 19.7. The van der Waals surface area contributed by atoms with Crippen molar-refractivity contribution in [3.63, 3.8) is 0 Å². The highest BCUT2D eigenvalue weighted by Gasteiger charge is 2.21. The smallest absolute Gasteiger partial charge is 0.227 e. The molecule has 150 valence electrons. The molecule has 2 heterocycles. The maximum absolute atomic E-state index is 11.9. The Labute approximate surface area is 176 Å². The Hall–Kier alpha value is -2.63. The molecule has 0 radical (unpaired) electrons. The van der Waals surface area contributed by atoms with Crippen LogP contribution in [0.2, 0.25) is 5.02 Å². The van der Waals surface area contributed by atoms with Crippen molar-refractivity contribution in [3.05, 3.63) is 76.1 Å². The van der Waals surface area contributed by atoms with Gasteiger partial charge in [-0.15, -0.1) is 0 Å². The van der Waals surface area contributed by atoms with E-state index in [0.29, 0.717) is 6.42 Å². The van der Waals surface area contributed by atoms with Gasteiger partial charge in [0.15, 0.2) is 0 Å². The molecule has 6 heteroatoms. The molecule has 4 rings (SSSR count). The van der Waals surface area contributed by atoms with Gasteiger partial charge in [-0.05, 0) is 62.2 Å². The van der Waals surface area contributed by atoms with Crippen LogP contribution >= 0.6 is 11.6 Å². The number of carbonyl (C=O) groups is 1. The normalized spacial score (nSPS) is 14.0. The molecule has 1 saturated heterocycles. The second kappa shape index (κ2) is 8.39. The summed E-state index contributed by atoms with van der Waals surface area (Å²) >= 11 is 6.00. The van der Waals surface area contributed by atoms with Gasteiger partial charge in [0.2, 0.25) is 5.91 Å². The largest absolute Gasteiger partial charge is 0.312 e. The Morgan fingerprint density at radius 1 is 1.00 bits per heavy atom. The summed E-state index contributed by atoms with van der Waals surface area (Å²) in [5.74, 6) is 0.222. The third kappa shape index (κ3) is 4.21. The van der Waals surface area contributed by atoms with E-state index in [9.17, 15) is 4.79 Å². The SMILES string of the molecule is Cc1nn(-c2ccc(Cl)cc2)c(C)c1CNCc1ccc(N2CCCC2=O)cc1. The maximum atomic E-state index is 11.9. The lowest BCUT2D eigenvalue weighted by molar-refractivity contribution is -0.117. The van der Waals surface area contributed by atoms with E-state index < -0.39 is 0 Å². The number of aryl methyl sites for hydroxylation is 1. The second-order valence-electron chi connectivity index (χ2n) is 7.46. The van der Waals surface area contributed by atoms with Gasteiger partial charge in [-0.2, -0.15) is 5.10 Å². The minimum absolute atomic E-state index is 0.222. The Morgan fingerprint density at radius 2 is 1.69 bits per heavy atom. The number of aromatic nitrogens is 2. The van der Waals surface area contributed by atoms with Gasteiger partial charge < -0.3 is 10.2 Å². The number of hydrogen-bond donors (Lipinski definition) is 1. The standard InChI is InChI=1S/C23H25ClN4O/c1-16-22(17(2)28(26-16)21-11-7-19(24)8-12-21)15-25-14-18-5-9-20(10-6-18)27-13-3-4-23(27)29/h5-12,25H,3-4,13-15H2,1-2H3. The van der Waals surface area contributed by atoms with Crippen molar-refractivity contribution in [2.75, 3.05) is 11.4 Å². The van der Waals surface area contributed by atoms with Crippen LogP contribution in [0.4, 0.5) is 5.69 Å². The number of hydrogen-bond acceptors (Lipinski definition) is 3. The minimum atomic E-state index is 0.222. The van der Waals surface area contributed by atoms with Crippen LogP contribution in [0.25, 0.3) is 5.69 Å². The van der Waals surface area contributed by atoms with Crippen molar-refractivity contribution in [2.45, 2.75) is 39.8 Å². The van der Waals surface area contributed by atoms with Crippen molar-refractivity contribution in [1.82, 2.24) is 15.1 Å². The fourth-order valence-electron chi connectivity index (χ4n) is 3.81. The highest BCUT2D eigenvalue weighted by atomic mass is 35.5. The Morgan fingerprint density at radius 3 is 2.34 bits per heavy atom.